The summed E-state index contributed by atoms with van der Waals surface area (Å²) in [5.41, 5.74) is 4.77. The van der Waals surface area contributed by atoms with Crippen molar-refractivity contribution >= 4 is 28.9 Å². The number of alkyl halides is 3. The minimum atomic E-state index is -4.61. The lowest BCUT2D eigenvalue weighted by molar-refractivity contribution is -0.137. The Labute approximate surface area is 122 Å². The summed E-state index contributed by atoms with van der Waals surface area (Å²) in [6.07, 6.45) is -1.98. The molecule has 1 amide bonds. The van der Waals surface area contributed by atoms with Crippen LogP contribution in [0.3, 0.4) is 0 Å². The van der Waals surface area contributed by atoms with E-state index in [2.05, 4.69) is 10.3 Å². The van der Waals surface area contributed by atoms with Crippen molar-refractivity contribution in [3.63, 3.8) is 0 Å². The van der Waals surface area contributed by atoms with E-state index in [-0.39, 0.29) is 16.9 Å². The maximum atomic E-state index is 12.7. The smallest absolute Gasteiger partial charge is 0.398 e. The number of rotatable bonds is 2. The molecule has 3 N–H and O–H groups in total. The molecule has 1 aromatic heterocycles. The zero-order valence-electron chi connectivity index (χ0n) is 10.4. The predicted octanol–water partition coefficient (Wildman–Crippen LogP) is 3.59. The molecule has 0 spiro atoms. The van der Waals surface area contributed by atoms with Gasteiger partial charge in [0, 0.05) is 23.8 Å². The van der Waals surface area contributed by atoms with Crippen LogP contribution in [0.4, 0.5) is 24.5 Å². The van der Waals surface area contributed by atoms with Crippen LogP contribution in [0.2, 0.25) is 5.02 Å². The Balaban J connectivity index is 2.29. The molecule has 4 nitrogen and oxygen atoms in total. The number of nitrogens with two attached hydrogens (primary N) is 1. The van der Waals surface area contributed by atoms with E-state index in [4.69, 9.17) is 17.3 Å². The van der Waals surface area contributed by atoms with Crippen LogP contribution in [0.15, 0.2) is 36.7 Å². The Morgan fingerprint density at radius 3 is 2.62 bits per heavy atom. The minimum absolute atomic E-state index is 0.0417. The van der Waals surface area contributed by atoms with E-state index in [0.29, 0.717) is 0 Å². The Morgan fingerprint density at radius 2 is 2.00 bits per heavy atom. The number of halogens is 4. The summed E-state index contributed by atoms with van der Waals surface area (Å²) >= 11 is 5.50. The molecule has 0 aliphatic rings. The van der Waals surface area contributed by atoms with Gasteiger partial charge in [-0.15, -0.1) is 0 Å². The Kier molecular flexibility index (Phi) is 4.04. The van der Waals surface area contributed by atoms with E-state index in [9.17, 15) is 18.0 Å². The normalized spacial score (nSPS) is 11.2. The van der Waals surface area contributed by atoms with Gasteiger partial charge in [0.05, 0.1) is 16.1 Å². The lowest BCUT2D eigenvalue weighted by atomic mass is 10.1. The fourth-order valence-corrected chi connectivity index (χ4v) is 1.84. The zero-order valence-corrected chi connectivity index (χ0v) is 11.2. The van der Waals surface area contributed by atoms with Crippen LogP contribution in [-0.2, 0) is 6.18 Å². The van der Waals surface area contributed by atoms with E-state index in [0.717, 1.165) is 12.1 Å². The number of hydrogen-bond donors (Lipinski definition) is 2. The average Bonchev–Trinajstić information content (AvgIpc) is 2.40. The quantitative estimate of drug-likeness (QED) is 0.890. The van der Waals surface area contributed by atoms with Gasteiger partial charge in [-0.1, -0.05) is 11.6 Å². The largest absolute Gasteiger partial charge is 0.417 e. The molecule has 110 valence electrons. The Morgan fingerprint density at radius 1 is 1.29 bits per heavy atom. The third kappa shape index (κ3) is 3.43. The molecule has 0 fully saturated rings. The molecule has 0 saturated heterocycles. The van der Waals surface area contributed by atoms with Gasteiger partial charge in [0.15, 0.2) is 0 Å². The first-order chi connectivity index (χ1) is 9.79. The summed E-state index contributed by atoms with van der Waals surface area (Å²) < 4.78 is 38.2. The molecule has 0 aliphatic carbocycles. The highest BCUT2D eigenvalue weighted by atomic mass is 35.5. The molecule has 21 heavy (non-hydrogen) atoms. The van der Waals surface area contributed by atoms with Crippen molar-refractivity contribution < 1.29 is 18.0 Å². The third-order valence-electron chi connectivity index (χ3n) is 2.63. The fraction of sp³-hybridized carbons (Fsp3) is 0.0769. The Hall–Kier alpha value is -2.28. The molecule has 0 bridgehead atoms. The van der Waals surface area contributed by atoms with E-state index in [1.807, 2.05) is 0 Å². The number of benzene rings is 1. The molecule has 1 aromatic carbocycles. The number of amides is 1. The van der Waals surface area contributed by atoms with E-state index in [1.54, 1.807) is 0 Å². The van der Waals surface area contributed by atoms with Crippen molar-refractivity contribution in [3.05, 3.63) is 52.8 Å². The second-order valence-corrected chi connectivity index (χ2v) is 4.52. The van der Waals surface area contributed by atoms with Crippen LogP contribution in [0, 0.1) is 0 Å². The van der Waals surface area contributed by atoms with Gasteiger partial charge in [0.1, 0.15) is 0 Å². The van der Waals surface area contributed by atoms with Gasteiger partial charge in [-0.2, -0.15) is 13.2 Å². The fourth-order valence-electron chi connectivity index (χ4n) is 1.61. The van der Waals surface area contributed by atoms with Gasteiger partial charge in [-0.25, -0.2) is 0 Å². The standard InChI is InChI=1S/C13H9ClF3N3O/c14-10-2-1-7(5-9(10)13(15,16)17)20-12(21)8-6-19-4-3-11(8)18/h1-6H,(H2,18,19)(H,20,21). The number of carbonyl (C=O) groups excluding carboxylic acids is 1. The number of nitrogen functional groups attached to an aromatic ring is 1. The summed E-state index contributed by atoms with van der Waals surface area (Å²) in [5, 5.41) is 1.88. The zero-order chi connectivity index (χ0) is 15.6. The number of anilines is 2. The highest BCUT2D eigenvalue weighted by molar-refractivity contribution is 6.31. The highest BCUT2D eigenvalue weighted by Gasteiger charge is 2.33. The number of aromatic nitrogens is 1. The number of hydrogen-bond acceptors (Lipinski definition) is 3. The topological polar surface area (TPSA) is 68.0 Å². The van der Waals surface area contributed by atoms with Crippen molar-refractivity contribution in [3.8, 4) is 0 Å². The summed E-state index contributed by atoms with van der Waals surface area (Å²) in [4.78, 5) is 15.7. The molecule has 0 saturated carbocycles. The number of nitrogens with zero attached hydrogens (tertiary/aromatic N) is 1. The number of carbonyl (C=O) groups is 1. The first-order valence-corrected chi connectivity index (χ1v) is 6.04. The van der Waals surface area contributed by atoms with Crippen LogP contribution < -0.4 is 11.1 Å². The molecule has 2 aromatic rings. The maximum Gasteiger partial charge on any atom is 0.417 e. The van der Waals surface area contributed by atoms with Gasteiger partial charge in [0.25, 0.3) is 5.91 Å². The van der Waals surface area contributed by atoms with Gasteiger partial charge in [-0.3, -0.25) is 9.78 Å². The second-order valence-electron chi connectivity index (χ2n) is 4.11. The van der Waals surface area contributed by atoms with Crippen LogP contribution in [-0.4, -0.2) is 10.9 Å². The number of pyridine rings is 1. The summed E-state index contributed by atoms with van der Waals surface area (Å²) in [6.45, 7) is 0. The summed E-state index contributed by atoms with van der Waals surface area (Å²) in [6, 6.07) is 4.50. The summed E-state index contributed by atoms with van der Waals surface area (Å²) in [5.74, 6) is -0.656. The second kappa shape index (κ2) is 5.61. The molecule has 2 rings (SSSR count). The van der Waals surface area contributed by atoms with Crippen molar-refractivity contribution in [2.75, 3.05) is 11.1 Å². The van der Waals surface area contributed by atoms with E-state index >= 15 is 0 Å². The lowest BCUT2D eigenvalue weighted by Crippen LogP contribution is -2.15. The van der Waals surface area contributed by atoms with Crippen LogP contribution in [0.25, 0.3) is 0 Å². The monoisotopic (exact) mass is 315 g/mol. The summed E-state index contributed by atoms with van der Waals surface area (Å²) in [7, 11) is 0. The highest BCUT2D eigenvalue weighted by Crippen LogP contribution is 2.36. The minimum Gasteiger partial charge on any atom is -0.398 e. The molecular weight excluding hydrogens is 307 g/mol. The predicted molar refractivity (Wildman–Crippen MR) is 73.1 cm³/mol. The van der Waals surface area contributed by atoms with Crippen molar-refractivity contribution in [1.29, 1.82) is 0 Å². The molecule has 0 atom stereocenters. The molecule has 0 aliphatic heterocycles. The van der Waals surface area contributed by atoms with Crippen LogP contribution >= 0.6 is 11.6 Å². The Bertz CT molecular complexity index is 689. The molecule has 8 heteroatoms. The molecule has 1 heterocycles. The van der Waals surface area contributed by atoms with Gasteiger partial charge < -0.3 is 11.1 Å². The SMILES string of the molecule is Nc1ccncc1C(=O)Nc1ccc(Cl)c(C(F)(F)F)c1. The first kappa shape index (κ1) is 15.1. The van der Waals surface area contributed by atoms with Gasteiger partial charge in [-0.05, 0) is 24.3 Å². The number of nitrogens with one attached hydrogen (secondary N) is 1. The third-order valence-corrected chi connectivity index (χ3v) is 2.96. The van der Waals surface area contributed by atoms with Crippen LogP contribution in [0.5, 0.6) is 0 Å². The average molecular weight is 316 g/mol. The van der Waals surface area contributed by atoms with Crippen molar-refractivity contribution in [2.45, 2.75) is 6.18 Å². The first-order valence-electron chi connectivity index (χ1n) is 5.66. The van der Waals surface area contributed by atoms with Crippen molar-refractivity contribution in [1.82, 2.24) is 4.98 Å². The van der Waals surface area contributed by atoms with Gasteiger partial charge >= 0.3 is 6.18 Å². The molecule has 0 unspecified atom stereocenters. The molecular formula is C13H9ClF3N3O. The maximum absolute atomic E-state index is 12.7. The molecule has 0 radical (unpaired) electrons. The van der Waals surface area contributed by atoms with E-state index < -0.39 is 22.7 Å². The van der Waals surface area contributed by atoms with E-state index in [1.165, 1.54) is 24.5 Å². The van der Waals surface area contributed by atoms with Gasteiger partial charge in [0.2, 0.25) is 0 Å². The van der Waals surface area contributed by atoms with Crippen LogP contribution in [0.1, 0.15) is 15.9 Å². The van der Waals surface area contributed by atoms with Crippen molar-refractivity contribution in [2.24, 2.45) is 0 Å². The lowest BCUT2D eigenvalue weighted by Gasteiger charge is -2.12.